The molecule has 0 unspecified atom stereocenters. The molecule has 25 heavy (non-hydrogen) atoms. The third-order valence-electron chi connectivity index (χ3n) is 4.01. The van der Waals surface area contributed by atoms with Gasteiger partial charge in [-0.05, 0) is 57.6 Å². The summed E-state index contributed by atoms with van der Waals surface area (Å²) in [7, 11) is 1.99. The molecule has 1 fully saturated rings. The van der Waals surface area contributed by atoms with E-state index in [0.717, 1.165) is 44.5 Å². The second-order valence-electron chi connectivity index (χ2n) is 6.74. The molecule has 0 aliphatic carbocycles. The second kappa shape index (κ2) is 11.8. The van der Waals surface area contributed by atoms with Crippen LogP contribution in [0.5, 0.6) is 5.75 Å². The molecule has 1 aliphatic heterocycles. The van der Waals surface area contributed by atoms with Crippen molar-refractivity contribution in [1.29, 1.82) is 0 Å². The van der Waals surface area contributed by atoms with E-state index in [9.17, 15) is 4.79 Å². The SMILES string of the molecule is CC(C)C(=O)CN(C)Cc1cccc(OC2CCNCC2)c1.CC=O. The second-order valence-corrected chi connectivity index (χ2v) is 6.74. The minimum absolute atomic E-state index is 0.0945. The Morgan fingerprint density at radius 1 is 1.36 bits per heavy atom. The molecule has 1 aromatic carbocycles. The Kier molecular flexibility index (Phi) is 10.0. The molecule has 0 amide bonds. The van der Waals surface area contributed by atoms with Crippen LogP contribution in [-0.2, 0) is 16.1 Å². The zero-order valence-electron chi connectivity index (χ0n) is 16.0. The standard InChI is InChI=1S/C18H28N2O2.C2H4O/c1-14(2)18(21)13-20(3)12-15-5-4-6-17(11-15)22-16-7-9-19-10-8-16;1-2-3/h4-6,11,14,16,19H,7-10,12-13H2,1-3H3;2H,1H3. The van der Waals surface area contributed by atoms with Gasteiger partial charge in [0.05, 0.1) is 6.54 Å². The maximum atomic E-state index is 11.8. The van der Waals surface area contributed by atoms with Crippen molar-refractivity contribution < 1.29 is 14.3 Å². The van der Waals surface area contributed by atoms with Crippen molar-refractivity contribution in [1.82, 2.24) is 10.2 Å². The van der Waals surface area contributed by atoms with Crippen molar-refractivity contribution in [2.45, 2.75) is 46.3 Å². The first kappa shape index (κ1) is 21.3. The number of nitrogens with one attached hydrogen (secondary N) is 1. The molecular formula is C20H32N2O3. The summed E-state index contributed by atoms with van der Waals surface area (Å²) < 4.78 is 6.07. The Bertz CT molecular complexity index is 525. The fourth-order valence-electron chi connectivity index (χ4n) is 2.64. The molecule has 5 heteroatoms. The van der Waals surface area contributed by atoms with E-state index in [4.69, 9.17) is 9.53 Å². The molecule has 1 aromatic rings. The summed E-state index contributed by atoms with van der Waals surface area (Å²) >= 11 is 0. The molecule has 0 atom stereocenters. The summed E-state index contributed by atoms with van der Waals surface area (Å²) in [5.74, 6) is 1.31. The normalized spacial score (nSPS) is 14.8. The Balaban J connectivity index is 0.000000970. The first-order chi connectivity index (χ1) is 12.0. The molecule has 5 nitrogen and oxygen atoms in total. The van der Waals surface area contributed by atoms with Gasteiger partial charge in [-0.15, -0.1) is 0 Å². The number of piperidine rings is 1. The summed E-state index contributed by atoms with van der Waals surface area (Å²) in [6.45, 7) is 8.67. The monoisotopic (exact) mass is 348 g/mol. The summed E-state index contributed by atoms with van der Waals surface area (Å²) in [5, 5.41) is 3.35. The van der Waals surface area contributed by atoms with Gasteiger partial charge < -0.3 is 14.8 Å². The molecule has 0 saturated carbocycles. The number of ketones is 1. The van der Waals surface area contributed by atoms with Gasteiger partial charge in [0.15, 0.2) is 0 Å². The number of Topliss-reactive ketones (excluding diaryl/α,β-unsaturated/α-hetero) is 1. The number of nitrogens with zero attached hydrogens (tertiary/aromatic N) is 1. The van der Waals surface area contributed by atoms with Gasteiger partial charge in [-0.25, -0.2) is 0 Å². The van der Waals surface area contributed by atoms with Crippen LogP contribution in [0.3, 0.4) is 0 Å². The molecule has 0 spiro atoms. The summed E-state index contributed by atoms with van der Waals surface area (Å²) in [5.41, 5.74) is 1.19. The Morgan fingerprint density at radius 2 is 2.00 bits per heavy atom. The fourth-order valence-corrected chi connectivity index (χ4v) is 2.64. The summed E-state index contributed by atoms with van der Waals surface area (Å²) in [6.07, 6.45) is 3.19. The van der Waals surface area contributed by atoms with Gasteiger partial charge in [0, 0.05) is 12.5 Å². The van der Waals surface area contributed by atoms with Crippen molar-refractivity contribution >= 4 is 12.1 Å². The first-order valence-electron chi connectivity index (χ1n) is 9.03. The van der Waals surface area contributed by atoms with Crippen LogP contribution in [0.4, 0.5) is 0 Å². The van der Waals surface area contributed by atoms with E-state index in [1.165, 1.54) is 12.5 Å². The summed E-state index contributed by atoms with van der Waals surface area (Å²) in [6, 6.07) is 8.23. The van der Waals surface area contributed by atoms with Crippen molar-refractivity contribution in [2.24, 2.45) is 5.92 Å². The van der Waals surface area contributed by atoms with Gasteiger partial charge in [0.25, 0.3) is 0 Å². The number of rotatable bonds is 7. The summed E-state index contributed by atoms with van der Waals surface area (Å²) in [4.78, 5) is 22.7. The van der Waals surface area contributed by atoms with Crippen LogP contribution >= 0.6 is 0 Å². The zero-order valence-corrected chi connectivity index (χ0v) is 16.0. The van der Waals surface area contributed by atoms with Gasteiger partial charge in [0.1, 0.15) is 23.9 Å². The molecule has 1 aliphatic rings. The van der Waals surface area contributed by atoms with E-state index in [1.807, 2.05) is 33.0 Å². The molecule has 0 radical (unpaired) electrons. The Labute approximate surface area is 151 Å². The minimum atomic E-state index is 0.0945. The highest BCUT2D eigenvalue weighted by molar-refractivity contribution is 5.82. The topological polar surface area (TPSA) is 58.6 Å². The van der Waals surface area contributed by atoms with Gasteiger partial charge >= 0.3 is 0 Å². The molecule has 140 valence electrons. The van der Waals surface area contributed by atoms with Crippen molar-refractivity contribution in [3.05, 3.63) is 29.8 Å². The lowest BCUT2D eigenvalue weighted by atomic mass is 10.1. The fraction of sp³-hybridized carbons (Fsp3) is 0.600. The van der Waals surface area contributed by atoms with E-state index in [1.54, 1.807) is 0 Å². The van der Waals surface area contributed by atoms with E-state index in [0.29, 0.717) is 12.6 Å². The van der Waals surface area contributed by atoms with Crippen LogP contribution < -0.4 is 10.1 Å². The number of aldehydes is 1. The van der Waals surface area contributed by atoms with E-state index < -0.39 is 0 Å². The van der Waals surface area contributed by atoms with Gasteiger partial charge in [-0.3, -0.25) is 9.69 Å². The number of hydrogen-bond acceptors (Lipinski definition) is 5. The molecule has 1 saturated heterocycles. The highest BCUT2D eigenvalue weighted by atomic mass is 16.5. The van der Waals surface area contributed by atoms with Crippen molar-refractivity contribution in [2.75, 3.05) is 26.7 Å². The molecule has 0 bridgehead atoms. The molecular weight excluding hydrogens is 316 g/mol. The van der Waals surface area contributed by atoms with E-state index >= 15 is 0 Å². The molecule has 1 heterocycles. The van der Waals surface area contributed by atoms with Gasteiger partial charge in [-0.1, -0.05) is 26.0 Å². The number of ether oxygens (including phenoxy) is 1. The highest BCUT2D eigenvalue weighted by Gasteiger charge is 2.15. The third kappa shape index (κ3) is 8.79. The van der Waals surface area contributed by atoms with Crippen LogP contribution in [0.2, 0.25) is 0 Å². The van der Waals surface area contributed by atoms with E-state index in [2.05, 4.69) is 22.3 Å². The Hall–Kier alpha value is -1.72. The number of hydrogen-bond donors (Lipinski definition) is 1. The number of carbonyl (C=O) groups excluding carboxylic acids is 2. The molecule has 2 rings (SSSR count). The number of carbonyl (C=O) groups is 2. The van der Waals surface area contributed by atoms with Crippen LogP contribution in [0.1, 0.15) is 39.2 Å². The number of likely N-dealkylation sites (N-methyl/N-ethyl adjacent to an activating group) is 1. The predicted octanol–water partition coefficient (Wildman–Crippen LogP) is 2.68. The quantitative estimate of drug-likeness (QED) is 0.768. The van der Waals surface area contributed by atoms with Crippen LogP contribution in [0.25, 0.3) is 0 Å². The van der Waals surface area contributed by atoms with Crippen molar-refractivity contribution in [3.63, 3.8) is 0 Å². The molecule has 1 N–H and O–H groups in total. The Morgan fingerprint density at radius 3 is 2.60 bits per heavy atom. The number of benzene rings is 1. The predicted molar refractivity (Wildman–Crippen MR) is 101 cm³/mol. The smallest absolute Gasteiger partial charge is 0.149 e. The van der Waals surface area contributed by atoms with Crippen LogP contribution in [0.15, 0.2) is 24.3 Å². The lowest BCUT2D eigenvalue weighted by molar-refractivity contribution is -0.122. The highest BCUT2D eigenvalue weighted by Crippen LogP contribution is 2.19. The average Bonchev–Trinajstić information content (AvgIpc) is 2.56. The lowest BCUT2D eigenvalue weighted by Gasteiger charge is -2.24. The van der Waals surface area contributed by atoms with Gasteiger partial charge in [-0.2, -0.15) is 0 Å². The minimum Gasteiger partial charge on any atom is -0.490 e. The average molecular weight is 348 g/mol. The maximum Gasteiger partial charge on any atom is 0.149 e. The maximum absolute atomic E-state index is 11.8. The van der Waals surface area contributed by atoms with E-state index in [-0.39, 0.29) is 11.7 Å². The lowest BCUT2D eigenvalue weighted by Crippen LogP contribution is -2.34. The van der Waals surface area contributed by atoms with Crippen molar-refractivity contribution in [3.8, 4) is 5.75 Å². The van der Waals surface area contributed by atoms with Crippen LogP contribution in [0, 0.1) is 5.92 Å². The third-order valence-corrected chi connectivity index (χ3v) is 4.01. The van der Waals surface area contributed by atoms with Gasteiger partial charge in [0.2, 0.25) is 0 Å². The molecule has 0 aromatic heterocycles. The zero-order chi connectivity index (χ0) is 18.7. The van der Waals surface area contributed by atoms with Crippen LogP contribution in [-0.4, -0.2) is 49.8 Å². The first-order valence-corrected chi connectivity index (χ1v) is 9.03. The largest absolute Gasteiger partial charge is 0.490 e.